The van der Waals surface area contributed by atoms with Crippen LogP contribution in [0.1, 0.15) is 11.1 Å². The topological polar surface area (TPSA) is 90.2 Å². The first-order chi connectivity index (χ1) is 9.91. The average Bonchev–Trinajstić information content (AvgIpc) is 2.42. The van der Waals surface area contributed by atoms with E-state index in [4.69, 9.17) is 10.4 Å². The maximum Gasteiger partial charge on any atom is 0.237 e. The van der Waals surface area contributed by atoms with Crippen LogP contribution >= 0.6 is 0 Å². The smallest absolute Gasteiger partial charge is 0.237 e. The lowest BCUT2D eigenvalue weighted by Gasteiger charge is -2.10. The van der Waals surface area contributed by atoms with E-state index in [2.05, 4.69) is 4.72 Å². The minimum absolute atomic E-state index is 0.244. The van der Waals surface area contributed by atoms with E-state index in [0.29, 0.717) is 5.56 Å². The Morgan fingerprint density at radius 1 is 1.24 bits per heavy atom. The standard InChI is InChI=1S/C14H11FN2O3S/c15-13-7-12(18)5-6-14(13)17-21(19,20)9-11-4-2-1-3-10(11)8-16/h1-7,17-18H,9H2. The highest BCUT2D eigenvalue weighted by Crippen LogP contribution is 2.21. The molecule has 108 valence electrons. The number of anilines is 1. The molecule has 0 radical (unpaired) electrons. The zero-order valence-corrected chi connectivity index (χ0v) is 11.6. The minimum atomic E-state index is -3.88. The van der Waals surface area contributed by atoms with Crippen molar-refractivity contribution in [2.24, 2.45) is 0 Å². The molecule has 2 N–H and O–H groups in total. The first-order valence-electron chi connectivity index (χ1n) is 5.88. The third kappa shape index (κ3) is 3.70. The largest absolute Gasteiger partial charge is 0.508 e. The monoisotopic (exact) mass is 306 g/mol. The molecule has 0 saturated heterocycles. The molecule has 7 heteroatoms. The highest BCUT2D eigenvalue weighted by atomic mass is 32.2. The fourth-order valence-corrected chi connectivity index (χ4v) is 2.98. The summed E-state index contributed by atoms with van der Waals surface area (Å²) in [6.45, 7) is 0. The second-order valence-corrected chi connectivity index (χ2v) is 6.02. The molecule has 2 aromatic rings. The van der Waals surface area contributed by atoms with Gasteiger partial charge in [0.1, 0.15) is 5.75 Å². The number of rotatable bonds is 4. The molecule has 0 atom stereocenters. The van der Waals surface area contributed by atoms with Gasteiger partial charge in [-0.3, -0.25) is 4.72 Å². The SMILES string of the molecule is N#Cc1ccccc1CS(=O)(=O)Nc1ccc(O)cc1F. The lowest BCUT2D eigenvalue weighted by molar-refractivity contribution is 0.469. The number of nitriles is 1. The van der Waals surface area contributed by atoms with E-state index in [1.807, 2.05) is 6.07 Å². The van der Waals surface area contributed by atoms with Crippen molar-refractivity contribution in [3.05, 3.63) is 59.4 Å². The summed E-state index contributed by atoms with van der Waals surface area (Å²) in [5, 5.41) is 18.0. The van der Waals surface area contributed by atoms with Gasteiger partial charge in [0, 0.05) is 6.07 Å². The zero-order chi connectivity index (χ0) is 15.5. The van der Waals surface area contributed by atoms with Crippen LogP contribution in [-0.2, 0) is 15.8 Å². The molecule has 0 unspecified atom stereocenters. The Morgan fingerprint density at radius 2 is 1.95 bits per heavy atom. The van der Waals surface area contributed by atoms with Crippen LogP contribution in [0, 0.1) is 17.1 Å². The van der Waals surface area contributed by atoms with E-state index in [0.717, 1.165) is 12.1 Å². The molecule has 0 spiro atoms. The molecule has 2 rings (SSSR count). The van der Waals surface area contributed by atoms with Gasteiger partial charge in [-0.1, -0.05) is 18.2 Å². The summed E-state index contributed by atoms with van der Waals surface area (Å²) in [7, 11) is -3.88. The first kappa shape index (κ1) is 14.8. The van der Waals surface area contributed by atoms with Crippen molar-refractivity contribution < 1.29 is 17.9 Å². The lowest BCUT2D eigenvalue weighted by atomic mass is 10.1. The van der Waals surface area contributed by atoms with Gasteiger partial charge < -0.3 is 5.11 Å². The number of nitrogens with zero attached hydrogens (tertiary/aromatic N) is 1. The molecular formula is C14H11FN2O3S. The number of halogens is 1. The van der Waals surface area contributed by atoms with Gasteiger partial charge in [0.15, 0.2) is 5.82 Å². The van der Waals surface area contributed by atoms with Crippen molar-refractivity contribution in [3.8, 4) is 11.8 Å². The van der Waals surface area contributed by atoms with Crippen LogP contribution < -0.4 is 4.72 Å². The quantitative estimate of drug-likeness (QED) is 0.848. The van der Waals surface area contributed by atoms with E-state index >= 15 is 0 Å². The van der Waals surface area contributed by atoms with Crippen molar-refractivity contribution in [1.29, 1.82) is 5.26 Å². The minimum Gasteiger partial charge on any atom is -0.508 e. The summed E-state index contributed by atoms with van der Waals surface area (Å²) in [6, 6.07) is 11.3. The number of phenolic OH excluding ortho intramolecular Hbond substituents is 1. The number of hydrogen-bond acceptors (Lipinski definition) is 4. The molecule has 0 bridgehead atoms. The summed E-state index contributed by atoms with van der Waals surface area (Å²) in [6.07, 6.45) is 0. The molecule has 0 aliphatic heterocycles. The molecular weight excluding hydrogens is 295 g/mol. The molecule has 0 fully saturated rings. The summed E-state index contributed by atoms with van der Waals surface area (Å²) in [5.41, 5.74) is 0.308. The normalized spacial score (nSPS) is 10.9. The molecule has 5 nitrogen and oxygen atoms in total. The van der Waals surface area contributed by atoms with Gasteiger partial charge in [0.25, 0.3) is 0 Å². The molecule has 21 heavy (non-hydrogen) atoms. The van der Waals surface area contributed by atoms with Gasteiger partial charge in [-0.2, -0.15) is 5.26 Å². The van der Waals surface area contributed by atoms with Crippen LogP contribution in [0.4, 0.5) is 10.1 Å². The Bertz CT molecular complexity index is 813. The molecule has 0 heterocycles. The van der Waals surface area contributed by atoms with Crippen LogP contribution in [-0.4, -0.2) is 13.5 Å². The molecule has 0 amide bonds. The Morgan fingerprint density at radius 3 is 2.62 bits per heavy atom. The van der Waals surface area contributed by atoms with Crippen molar-refractivity contribution >= 4 is 15.7 Å². The number of hydrogen-bond donors (Lipinski definition) is 2. The number of sulfonamides is 1. The predicted molar refractivity (Wildman–Crippen MR) is 75.5 cm³/mol. The maximum absolute atomic E-state index is 13.5. The number of nitrogens with one attached hydrogen (secondary N) is 1. The fourth-order valence-electron chi connectivity index (χ4n) is 1.75. The van der Waals surface area contributed by atoms with Gasteiger partial charge in [0.2, 0.25) is 10.0 Å². The maximum atomic E-state index is 13.5. The van der Waals surface area contributed by atoms with E-state index < -0.39 is 21.6 Å². The fraction of sp³-hybridized carbons (Fsp3) is 0.0714. The highest BCUT2D eigenvalue weighted by Gasteiger charge is 2.16. The van der Waals surface area contributed by atoms with Gasteiger partial charge >= 0.3 is 0 Å². The van der Waals surface area contributed by atoms with Crippen LogP contribution in [0.15, 0.2) is 42.5 Å². The van der Waals surface area contributed by atoms with Crippen LogP contribution in [0.5, 0.6) is 5.75 Å². The number of aromatic hydroxyl groups is 1. The lowest BCUT2D eigenvalue weighted by Crippen LogP contribution is -2.16. The summed E-state index contributed by atoms with van der Waals surface area (Å²) < 4.78 is 39.7. The van der Waals surface area contributed by atoms with Gasteiger partial charge in [0.05, 0.1) is 23.1 Å². The number of benzene rings is 2. The Hall–Kier alpha value is -2.59. The van der Waals surface area contributed by atoms with E-state index in [9.17, 15) is 12.8 Å². The Balaban J connectivity index is 2.25. The van der Waals surface area contributed by atoms with E-state index in [1.54, 1.807) is 12.1 Å². The predicted octanol–water partition coefficient (Wildman–Crippen LogP) is 2.34. The van der Waals surface area contributed by atoms with Gasteiger partial charge in [-0.25, -0.2) is 12.8 Å². The van der Waals surface area contributed by atoms with Crippen molar-refractivity contribution in [2.45, 2.75) is 5.75 Å². The third-order valence-electron chi connectivity index (χ3n) is 2.70. The molecule has 2 aromatic carbocycles. The summed E-state index contributed by atoms with van der Waals surface area (Å²) >= 11 is 0. The summed E-state index contributed by atoms with van der Waals surface area (Å²) in [5.74, 6) is -1.63. The Labute approximate surface area is 121 Å². The zero-order valence-electron chi connectivity index (χ0n) is 10.7. The van der Waals surface area contributed by atoms with Gasteiger partial charge in [-0.05, 0) is 23.8 Å². The molecule has 0 saturated carbocycles. The third-order valence-corrected chi connectivity index (χ3v) is 3.92. The van der Waals surface area contributed by atoms with E-state index in [1.165, 1.54) is 18.2 Å². The second-order valence-electron chi connectivity index (χ2n) is 4.29. The van der Waals surface area contributed by atoms with Gasteiger partial charge in [-0.15, -0.1) is 0 Å². The molecule has 0 aliphatic carbocycles. The van der Waals surface area contributed by atoms with Crippen LogP contribution in [0.25, 0.3) is 0 Å². The van der Waals surface area contributed by atoms with Crippen molar-refractivity contribution in [2.75, 3.05) is 4.72 Å². The molecule has 0 aliphatic rings. The van der Waals surface area contributed by atoms with Crippen LogP contribution in [0.3, 0.4) is 0 Å². The van der Waals surface area contributed by atoms with Crippen LogP contribution in [0.2, 0.25) is 0 Å². The number of phenols is 1. The second kappa shape index (κ2) is 5.81. The first-order valence-corrected chi connectivity index (χ1v) is 7.53. The van der Waals surface area contributed by atoms with Crippen molar-refractivity contribution in [3.63, 3.8) is 0 Å². The Kier molecular flexibility index (Phi) is 4.10. The summed E-state index contributed by atoms with van der Waals surface area (Å²) in [4.78, 5) is 0. The molecule has 0 aromatic heterocycles. The van der Waals surface area contributed by atoms with Crippen molar-refractivity contribution in [1.82, 2.24) is 0 Å². The average molecular weight is 306 g/mol. The highest BCUT2D eigenvalue weighted by molar-refractivity contribution is 7.91. The van der Waals surface area contributed by atoms with E-state index in [-0.39, 0.29) is 17.0 Å².